The van der Waals surface area contributed by atoms with E-state index in [0.29, 0.717) is 43.9 Å². The molecule has 3 heterocycles. The molecule has 2 amide bonds. The molecule has 2 aromatic carbocycles. The molecule has 2 atom stereocenters. The first-order valence-electron chi connectivity index (χ1n) is 14.7. The van der Waals surface area contributed by atoms with Gasteiger partial charge in [0.2, 0.25) is 0 Å². The minimum absolute atomic E-state index is 0.00205. The number of nitrogens with zero attached hydrogens (tertiary/aromatic N) is 3. The zero-order valence-corrected chi connectivity index (χ0v) is 25.2. The number of amides is 2. The summed E-state index contributed by atoms with van der Waals surface area (Å²) in [7, 11) is 2.72. The SMILES string of the molecule is COc1cc(C2CCN(CCF)CC2)nc(N2C[C@@H](c3c(F)cc(OC)cc3F)[C@H](NC(=O)c3ccc(OC(F)F)cc3)C2=O)c1. The van der Waals surface area contributed by atoms with Crippen molar-refractivity contribution in [2.75, 3.05) is 52.0 Å². The molecule has 246 valence electrons. The van der Waals surface area contributed by atoms with E-state index in [1.54, 1.807) is 6.07 Å². The Labute approximate surface area is 262 Å². The van der Waals surface area contributed by atoms with E-state index in [1.807, 2.05) is 4.90 Å². The topological polar surface area (TPSA) is 93.2 Å². The van der Waals surface area contributed by atoms with Crippen LogP contribution in [0.1, 0.15) is 46.3 Å². The van der Waals surface area contributed by atoms with E-state index in [9.17, 15) is 22.8 Å². The van der Waals surface area contributed by atoms with Gasteiger partial charge in [-0.1, -0.05) is 0 Å². The number of likely N-dealkylation sites (tertiary alicyclic amines) is 1. The van der Waals surface area contributed by atoms with Crippen molar-refractivity contribution in [3.05, 3.63) is 77.0 Å². The van der Waals surface area contributed by atoms with E-state index in [4.69, 9.17) is 14.5 Å². The lowest BCUT2D eigenvalue weighted by atomic mass is 9.92. The van der Waals surface area contributed by atoms with Crippen molar-refractivity contribution in [3.63, 3.8) is 0 Å². The number of ether oxygens (including phenoxy) is 3. The normalized spacial score (nSPS) is 19.0. The Morgan fingerprint density at radius 2 is 1.61 bits per heavy atom. The van der Waals surface area contributed by atoms with Gasteiger partial charge in [-0.2, -0.15) is 8.78 Å². The molecule has 0 radical (unpaired) electrons. The van der Waals surface area contributed by atoms with Crippen LogP contribution in [-0.2, 0) is 4.79 Å². The summed E-state index contributed by atoms with van der Waals surface area (Å²) in [5.74, 6) is -4.23. The first-order chi connectivity index (χ1) is 22.1. The maximum absolute atomic E-state index is 15.4. The van der Waals surface area contributed by atoms with E-state index >= 15 is 8.78 Å². The van der Waals surface area contributed by atoms with Crippen LogP contribution in [0.15, 0.2) is 48.5 Å². The summed E-state index contributed by atoms with van der Waals surface area (Å²) in [6.07, 6.45) is 1.41. The Bertz CT molecular complexity index is 1530. The molecule has 0 saturated carbocycles. The minimum atomic E-state index is -3.06. The molecule has 0 aliphatic carbocycles. The Balaban J connectivity index is 1.47. The summed E-state index contributed by atoms with van der Waals surface area (Å²) in [6.45, 7) is -2.03. The van der Waals surface area contributed by atoms with E-state index < -0.39 is 54.3 Å². The summed E-state index contributed by atoms with van der Waals surface area (Å²) < 4.78 is 83.6. The van der Waals surface area contributed by atoms with Gasteiger partial charge >= 0.3 is 6.61 Å². The number of methoxy groups -OCH3 is 2. The molecule has 0 bridgehead atoms. The number of hydrogen-bond donors (Lipinski definition) is 1. The third-order valence-electron chi connectivity index (χ3n) is 8.33. The van der Waals surface area contributed by atoms with Crippen LogP contribution in [0.3, 0.4) is 0 Å². The maximum atomic E-state index is 15.4. The predicted octanol–water partition coefficient (Wildman–Crippen LogP) is 5.06. The fourth-order valence-corrected chi connectivity index (χ4v) is 5.95. The maximum Gasteiger partial charge on any atom is 0.387 e. The van der Waals surface area contributed by atoms with Crippen LogP contribution in [0, 0.1) is 11.6 Å². The number of piperidine rings is 1. The molecule has 5 rings (SSSR count). The highest BCUT2D eigenvalue weighted by Gasteiger charge is 2.46. The van der Waals surface area contributed by atoms with Crippen molar-refractivity contribution in [3.8, 4) is 17.2 Å². The molecule has 2 saturated heterocycles. The van der Waals surface area contributed by atoms with Gasteiger partial charge in [0, 0.05) is 66.0 Å². The lowest BCUT2D eigenvalue weighted by molar-refractivity contribution is -0.118. The fraction of sp³-hybridized carbons (Fsp3) is 0.406. The fourth-order valence-electron chi connectivity index (χ4n) is 5.95. The van der Waals surface area contributed by atoms with Gasteiger partial charge in [0.25, 0.3) is 11.8 Å². The van der Waals surface area contributed by atoms with Crippen LogP contribution in [0.5, 0.6) is 17.2 Å². The quantitative estimate of drug-likeness (QED) is 0.291. The molecule has 1 aromatic heterocycles. The molecule has 2 fully saturated rings. The predicted molar refractivity (Wildman–Crippen MR) is 158 cm³/mol. The molecular formula is C32H33F5N4O5. The van der Waals surface area contributed by atoms with Crippen LogP contribution >= 0.6 is 0 Å². The summed E-state index contributed by atoms with van der Waals surface area (Å²) in [5, 5.41) is 2.58. The Hall–Kier alpha value is -4.46. The minimum Gasteiger partial charge on any atom is -0.497 e. The Morgan fingerprint density at radius 3 is 2.20 bits per heavy atom. The average molecular weight is 649 g/mol. The number of nitrogens with one attached hydrogen (secondary N) is 1. The summed E-state index contributed by atoms with van der Waals surface area (Å²) in [4.78, 5) is 35.3. The molecule has 0 spiro atoms. The van der Waals surface area contributed by atoms with E-state index in [1.165, 1.54) is 37.3 Å². The van der Waals surface area contributed by atoms with E-state index in [-0.39, 0.29) is 35.3 Å². The van der Waals surface area contributed by atoms with Gasteiger partial charge < -0.3 is 24.4 Å². The largest absolute Gasteiger partial charge is 0.497 e. The van der Waals surface area contributed by atoms with Crippen molar-refractivity contribution in [1.82, 2.24) is 15.2 Å². The van der Waals surface area contributed by atoms with Gasteiger partial charge in [-0.3, -0.25) is 14.5 Å². The van der Waals surface area contributed by atoms with Crippen LogP contribution < -0.4 is 24.4 Å². The van der Waals surface area contributed by atoms with Crippen molar-refractivity contribution in [1.29, 1.82) is 0 Å². The highest BCUT2D eigenvalue weighted by Crippen LogP contribution is 2.38. The van der Waals surface area contributed by atoms with E-state index in [2.05, 4.69) is 10.1 Å². The Morgan fingerprint density at radius 1 is 0.978 bits per heavy atom. The number of benzene rings is 2. The second-order valence-electron chi connectivity index (χ2n) is 11.0. The third kappa shape index (κ3) is 7.16. The average Bonchev–Trinajstić information content (AvgIpc) is 3.35. The second-order valence-corrected chi connectivity index (χ2v) is 11.0. The third-order valence-corrected chi connectivity index (χ3v) is 8.33. The number of halogens is 5. The number of carbonyl (C=O) groups is 2. The first kappa shape index (κ1) is 32.9. The van der Waals surface area contributed by atoms with Gasteiger partial charge in [-0.15, -0.1) is 0 Å². The molecule has 2 aliphatic heterocycles. The van der Waals surface area contributed by atoms with Gasteiger partial charge in [0.1, 0.15) is 47.4 Å². The number of carbonyl (C=O) groups excluding carboxylic acids is 2. The lowest BCUT2D eigenvalue weighted by Gasteiger charge is -2.31. The molecule has 1 N–H and O–H groups in total. The van der Waals surface area contributed by atoms with Crippen LogP contribution in [0.2, 0.25) is 0 Å². The van der Waals surface area contributed by atoms with Gasteiger partial charge in [-0.25, -0.2) is 18.2 Å². The van der Waals surface area contributed by atoms with E-state index in [0.717, 1.165) is 24.3 Å². The highest BCUT2D eigenvalue weighted by molar-refractivity contribution is 6.04. The summed E-state index contributed by atoms with van der Waals surface area (Å²) >= 11 is 0. The van der Waals surface area contributed by atoms with Gasteiger partial charge in [0.05, 0.1) is 14.2 Å². The molecule has 2 aliphatic rings. The first-order valence-corrected chi connectivity index (χ1v) is 14.7. The van der Waals surface area contributed by atoms with Crippen molar-refractivity contribution in [2.45, 2.75) is 37.3 Å². The molecular weight excluding hydrogens is 615 g/mol. The van der Waals surface area contributed by atoms with Crippen LogP contribution in [-0.4, -0.2) is 81.4 Å². The smallest absolute Gasteiger partial charge is 0.387 e. The number of alkyl halides is 3. The number of rotatable bonds is 11. The van der Waals surface area contributed by atoms with Gasteiger partial charge in [-0.05, 0) is 50.2 Å². The van der Waals surface area contributed by atoms with Crippen molar-refractivity contribution in [2.24, 2.45) is 0 Å². The number of anilines is 1. The second kappa shape index (κ2) is 14.3. The summed E-state index contributed by atoms with van der Waals surface area (Å²) in [6, 6.07) is 8.62. The van der Waals surface area contributed by atoms with Gasteiger partial charge in [0.15, 0.2) is 0 Å². The monoisotopic (exact) mass is 648 g/mol. The molecule has 14 heteroatoms. The van der Waals surface area contributed by atoms with Crippen LogP contribution in [0.25, 0.3) is 0 Å². The standard InChI is InChI=1S/C32H33F5N4O5/c1-44-21-13-24(34)28(25(35)14-21)23-17-41(31(43)29(23)39-30(42)19-3-5-20(6-4-19)46-32(36)37)27-16-22(45-2)15-26(38-27)18-7-10-40(11-8-18)12-9-33/h3-6,13-16,18,23,29,32H,7-12,17H2,1-2H3,(H,39,42)/t23-,29-/m0/s1. The number of hydrogen-bond acceptors (Lipinski definition) is 7. The molecule has 46 heavy (non-hydrogen) atoms. The number of pyridine rings is 1. The van der Waals surface area contributed by atoms with Crippen molar-refractivity contribution >= 4 is 17.6 Å². The summed E-state index contributed by atoms with van der Waals surface area (Å²) in [5.41, 5.74) is 0.230. The van der Waals surface area contributed by atoms with Crippen molar-refractivity contribution < 1.29 is 45.8 Å². The number of aromatic nitrogens is 1. The zero-order valence-electron chi connectivity index (χ0n) is 25.2. The lowest BCUT2D eigenvalue weighted by Crippen LogP contribution is -2.44. The zero-order chi connectivity index (χ0) is 33.0. The molecule has 0 unspecified atom stereocenters. The molecule has 3 aromatic rings. The molecule has 9 nitrogen and oxygen atoms in total. The highest BCUT2D eigenvalue weighted by atomic mass is 19.3. The van der Waals surface area contributed by atoms with Crippen LogP contribution in [0.4, 0.5) is 27.8 Å². The Kier molecular flexibility index (Phi) is 10.2.